The van der Waals surface area contributed by atoms with E-state index in [9.17, 15) is 4.79 Å². The lowest BCUT2D eigenvalue weighted by molar-refractivity contribution is -0.125. The van der Waals surface area contributed by atoms with E-state index in [1.54, 1.807) is 0 Å². The van der Waals surface area contributed by atoms with Crippen LogP contribution in [0.2, 0.25) is 0 Å². The number of rotatable bonds is 6. The number of nitrogens with zero attached hydrogens (tertiary/aromatic N) is 5. The average molecular weight is 411 g/mol. The Morgan fingerprint density at radius 2 is 2.00 bits per heavy atom. The Hall–Kier alpha value is -2.58. The minimum Gasteiger partial charge on any atom is -0.378 e. The van der Waals surface area contributed by atoms with Gasteiger partial charge in [-0.2, -0.15) is 0 Å². The molecular weight excluding hydrogens is 380 g/mol. The predicted molar refractivity (Wildman–Crippen MR) is 114 cm³/mol. The quantitative estimate of drug-likeness (QED) is 0.772. The molecule has 0 aromatic carbocycles. The smallest absolute Gasteiger partial charge is 0.225 e. The zero-order chi connectivity index (χ0) is 20.9. The number of morpholine rings is 1. The minimum absolute atomic E-state index is 0.0234. The molecule has 8 heteroatoms. The number of hydrogen-bond donors (Lipinski definition) is 1. The molecule has 2 aliphatic rings. The van der Waals surface area contributed by atoms with Crippen LogP contribution in [0, 0.1) is 5.92 Å². The van der Waals surface area contributed by atoms with Gasteiger partial charge in [0.05, 0.1) is 30.5 Å². The van der Waals surface area contributed by atoms with Crippen LogP contribution in [0.15, 0.2) is 36.7 Å². The largest absolute Gasteiger partial charge is 0.378 e. The second-order valence-electron chi connectivity index (χ2n) is 8.27. The van der Waals surface area contributed by atoms with Gasteiger partial charge in [-0.3, -0.25) is 14.7 Å². The first-order chi connectivity index (χ1) is 14.6. The molecule has 0 unspecified atom stereocenters. The maximum Gasteiger partial charge on any atom is 0.225 e. The van der Waals surface area contributed by atoms with Gasteiger partial charge >= 0.3 is 0 Å². The fourth-order valence-electron chi connectivity index (χ4n) is 4.18. The standard InChI is InChI=1S/C22H30N6O2/c1-16(2)25-21(29)19-15-27(13-17-5-3-4-7-23-17)14-18(19)20-6-8-24-22(26-20)28-9-11-30-12-10-28/h3-8,16,18-19H,9-15H2,1-2H3,(H,25,29)/t18-,19-/m0/s1. The molecule has 0 radical (unpaired) electrons. The van der Waals surface area contributed by atoms with Crippen molar-refractivity contribution in [1.29, 1.82) is 0 Å². The third kappa shape index (κ3) is 4.94. The summed E-state index contributed by atoms with van der Waals surface area (Å²) in [6.07, 6.45) is 3.62. The van der Waals surface area contributed by atoms with E-state index < -0.39 is 0 Å². The first-order valence-electron chi connectivity index (χ1n) is 10.7. The molecule has 0 saturated carbocycles. The SMILES string of the molecule is CC(C)NC(=O)[C@H]1CN(Cc2ccccn2)C[C@@H]1c1ccnc(N2CCOCC2)n1. The Labute approximate surface area is 177 Å². The highest BCUT2D eigenvalue weighted by Gasteiger charge is 2.39. The van der Waals surface area contributed by atoms with E-state index in [2.05, 4.69) is 25.1 Å². The van der Waals surface area contributed by atoms with Gasteiger partial charge in [0.2, 0.25) is 11.9 Å². The van der Waals surface area contributed by atoms with Crippen LogP contribution in [-0.2, 0) is 16.1 Å². The molecule has 2 aromatic rings. The molecule has 30 heavy (non-hydrogen) atoms. The van der Waals surface area contributed by atoms with Crippen molar-refractivity contribution in [3.63, 3.8) is 0 Å². The molecule has 4 heterocycles. The molecule has 160 valence electrons. The first-order valence-corrected chi connectivity index (χ1v) is 10.7. The van der Waals surface area contributed by atoms with Gasteiger partial charge in [-0.15, -0.1) is 0 Å². The second kappa shape index (κ2) is 9.49. The monoisotopic (exact) mass is 410 g/mol. The van der Waals surface area contributed by atoms with Crippen LogP contribution in [0.5, 0.6) is 0 Å². The van der Waals surface area contributed by atoms with Gasteiger partial charge < -0.3 is 15.0 Å². The number of anilines is 1. The molecule has 2 aromatic heterocycles. The van der Waals surface area contributed by atoms with Crippen molar-refractivity contribution in [1.82, 2.24) is 25.2 Å². The van der Waals surface area contributed by atoms with Gasteiger partial charge in [0.1, 0.15) is 0 Å². The summed E-state index contributed by atoms with van der Waals surface area (Å²) < 4.78 is 5.44. The number of carbonyl (C=O) groups excluding carboxylic acids is 1. The maximum absolute atomic E-state index is 13.0. The van der Waals surface area contributed by atoms with Crippen LogP contribution in [0.3, 0.4) is 0 Å². The molecule has 2 saturated heterocycles. The summed E-state index contributed by atoms with van der Waals surface area (Å²) in [6, 6.07) is 8.00. The van der Waals surface area contributed by atoms with Crippen molar-refractivity contribution in [2.75, 3.05) is 44.3 Å². The van der Waals surface area contributed by atoms with Gasteiger partial charge in [-0.05, 0) is 32.0 Å². The van der Waals surface area contributed by atoms with Gasteiger partial charge in [-0.25, -0.2) is 9.97 Å². The Morgan fingerprint density at radius 1 is 1.17 bits per heavy atom. The summed E-state index contributed by atoms with van der Waals surface area (Å²) in [6.45, 7) is 9.13. The van der Waals surface area contributed by atoms with Crippen molar-refractivity contribution in [2.24, 2.45) is 5.92 Å². The van der Waals surface area contributed by atoms with Crippen LogP contribution in [0.1, 0.15) is 31.2 Å². The predicted octanol–water partition coefficient (Wildman–Crippen LogP) is 1.45. The van der Waals surface area contributed by atoms with E-state index in [1.165, 1.54) is 0 Å². The fourth-order valence-corrected chi connectivity index (χ4v) is 4.18. The minimum atomic E-state index is -0.149. The highest BCUT2D eigenvalue weighted by atomic mass is 16.5. The van der Waals surface area contributed by atoms with Crippen LogP contribution >= 0.6 is 0 Å². The van der Waals surface area contributed by atoms with E-state index in [0.717, 1.165) is 43.5 Å². The lowest BCUT2D eigenvalue weighted by atomic mass is 9.91. The second-order valence-corrected chi connectivity index (χ2v) is 8.27. The van der Waals surface area contributed by atoms with Crippen LogP contribution < -0.4 is 10.2 Å². The topological polar surface area (TPSA) is 83.5 Å². The normalized spacial score (nSPS) is 22.4. The van der Waals surface area contributed by atoms with Crippen LogP contribution in [0.25, 0.3) is 0 Å². The Bertz CT molecular complexity index is 841. The Balaban J connectivity index is 1.55. The third-order valence-electron chi connectivity index (χ3n) is 5.61. The van der Waals surface area contributed by atoms with Gasteiger partial charge in [0.15, 0.2) is 0 Å². The zero-order valence-electron chi connectivity index (χ0n) is 17.7. The van der Waals surface area contributed by atoms with Gasteiger partial charge in [-0.1, -0.05) is 6.07 Å². The lowest BCUT2D eigenvalue weighted by Crippen LogP contribution is -2.39. The summed E-state index contributed by atoms with van der Waals surface area (Å²) in [4.78, 5) is 31.2. The van der Waals surface area contributed by atoms with Crippen molar-refractivity contribution >= 4 is 11.9 Å². The highest BCUT2D eigenvalue weighted by Crippen LogP contribution is 2.33. The third-order valence-corrected chi connectivity index (χ3v) is 5.61. The van der Waals surface area contributed by atoms with E-state index in [1.807, 2.05) is 50.5 Å². The molecule has 2 aliphatic heterocycles. The Kier molecular flexibility index (Phi) is 6.54. The molecule has 2 atom stereocenters. The molecule has 4 rings (SSSR count). The highest BCUT2D eigenvalue weighted by molar-refractivity contribution is 5.80. The number of aromatic nitrogens is 3. The zero-order valence-corrected chi connectivity index (χ0v) is 17.7. The van der Waals surface area contributed by atoms with Crippen LogP contribution in [0.4, 0.5) is 5.95 Å². The van der Waals surface area contributed by atoms with Gasteiger partial charge in [0.25, 0.3) is 0 Å². The number of pyridine rings is 1. The average Bonchev–Trinajstić information content (AvgIpc) is 3.19. The first kappa shape index (κ1) is 20.7. The van der Waals surface area contributed by atoms with Crippen molar-refractivity contribution < 1.29 is 9.53 Å². The number of likely N-dealkylation sites (tertiary alicyclic amines) is 1. The number of hydrogen-bond acceptors (Lipinski definition) is 7. The molecule has 0 aliphatic carbocycles. The number of amides is 1. The molecule has 0 spiro atoms. The fraction of sp³-hybridized carbons (Fsp3) is 0.545. The maximum atomic E-state index is 13.0. The van der Waals surface area contributed by atoms with Crippen LogP contribution in [-0.4, -0.2) is 71.2 Å². The number of carbonyl (C=O) groups is 1. The van der Waals surface area contributed by atoms with Gasteiger partial charge in [0, 0.05) is 57.1 Å². The molecule has 1 amide bonds. The van der Waals surface area contributed by atoms with E-state index in [-0.39, 0.29) is 23.8 Å². The molecule has 1 N–H and O–H groups in total. The molecular formula is C22H30N6O2. The number of nitrogens with one attached hydrogen (secondary N) is 1. The Morgan fingerprint density at radius 3 is 2.73 bits per heavy atom. The molecule has 2 fully saturated rings. The van der Waals surface area contributed by atoms with E-state index >= 15 is 0 Å². The summed E-state index contributed by atoms with van der Waals surface area (Å²) >= 11 is 0. The molecule has 8 nitrogen and oxygen atoms in total. The van der Waals surface area contributed by atoms with E-state index in [4.69, 9.17) is 9.72 Å². The van der Waals surface area contributed by atoms with Crippen molar-refractivity contribution in [2.45, 2.75) is 32.4 Å². The summed E-state index contributed by atoms with van der Waals surface area (Å²) in [5.41, 5.74) is 1.94. The summed E-state index contributed by atoms with van der Waals surface area (Å²) in [7, 11) is 0. The van der Waals surface area contributed by atoms with E-state index in [0.29, 0.717) is 19.8 Å². The lowest BCUT2D eigenvalue weighted by Gasteiger charge is -2.27. The van der Waals surface area contributed by atoms with Crippen molar-refractivity contribution in [3.05, 3.63) is 48.0 Å². The number of ether oxygens (including phenoxy) is 1. The van der Waals surface area contributed by atoms with Crippen molar-refractivity contribution in [3.8, 4) is 0 Å². The summed E-state index contributed by atoms with van der Waals surface area (Å²) in [5, 5.41) is 3.10. The summed E-state index contributed by atoms with van der Waals surface area (Å²) in [5.74, 6) is 0.686. The molecule has 0 bridgehead atoms.